The zero-order chi connectivity index (χ0) is 24.4. The molecule has 0 unspecified atom stereocenters. The average molecular weight is 476 g/mol. The van der Waals surface area contributed by atoms with Gasteiger partial charge in [0.15, 0.2) is 11.5 Å². The van der Waals surface area contributed by atoms with E-state index in [0.29, 0.717) is 19.8 Å². The predicted molar refractivity (Wildman–Crippen MR) is 144 cm³/mol. The summed E-state index contributed by atoms with van der Waals surface area (Å²) in [7, 11) is 0. The lowest BCUT2D eigenvalue weighted by molar-refractivity contribution is 0.255. The predicted octanol–water partition coefficient (Wildman–Crippen LogP) is 6.70. The van der Waals surface area contributed by atoms with Crippen LogP contribution in [0, 0.1) is 0 Å². The number of aliphatic hydroxyl groups excluding tert-OH is 1. The largest absolute Gasteiger partial charge is 0.485 e. The van der Waals surface area contributed by atoms with Crippen LogP contribution in [0.25, 0.3) is 0 Å². The van der Waals surface area contributed by atoms with Gasteiger partial charge in [0.05, 0.1) is 6.61 Å². The van der Waals surface area contributed by atoms with E-state index in [1.807, 2.05) is 36.4 Å². The van der Waals surface area contributed by atoms with Gasteiger partial charge in [-0.25, -0.2) is 0 Å². The van der Waals surface area contributed by atoms with Gasteiger partial charge in [-0.1, -0.05) is 98.8 Å². The van der Waals surface area contributed by atoms with Crippen LogP contribution >= 0.6 is 0 Å². The fourth-order valence-corrected chi connectivity index (χ4v) is 4.08. The normalized spacial score (nSPS) is 10.9. The first-order valence-electron chi connectivity index (χ1n) is 13.1. The minimum atomic E-state index is 0.226. The van der Waals surface area contributed by atoms with Crippen LogP contribution in [-0.4, -0.2) is 24.8 Å². The fourth-order valence-electron chi connectivity index (χ4n) is 4.08. The van der Waals surface area contributed by atoms with Crippen LogP contribution in [0.15, 0.2) is 78.9 Å². The first-order chi connectivity index (χ1) is 17.3. The third-order valence-electron chi connectivity index (χ3n) is 6.09. The zero-order valence-electron chi connectivity index (χ0n) is 21.0. The van der Waals surface area contributed by atoms with Gasteiger partial charge in [0.25, 0.3) is 0 Å². The molecule has 0 atom stereocenters. The number of nitrogens with one attached hydrogen (secondary N) is 1. The Morgan fingerprint density at radius 2 is 1.11 bits per heavy atom. The van der Waals surface area contributed by atoms with Crippen LogP contribution in [0.2, 0.25) is 0 Å². The van der Waals surface area contributed by atoms with E-state index < -0.39 is 0 Å². The summed E-state index contributed by atoms with van der Waals surface area (Å²) in [5.74, 6) is 1.61. The van der Waals surface area contributed by atoms with Crippen molar-refractivity contribution in [3.63, 3.8) is 0 Å². The summed E-state index contributed by atoms with van der Waals surface area (Å²) >= 11 is 0. The number of benzene rings is 3. The molecule has 0 aliphatic heterocycles. The van der Waals surface area contributed by atoms with E-state index in [9.17, 15) is 0 Å². The van der Waals surface area contributed by atoms with Crippen molar-refractivity contribution in [2.45, 2.75) is 64.6 Å². The SMILES string of the molecule is OCCNCCCCCCCCCc1ccc(OCc2ccccc2)c(OCc2ccccc2)c1. The summed E-state index contributed by atoms with van der Waals surface area (Å²) in [5.41, 5.74) is 3.60. The monoisotopic (exact) mass is 475 g/mol. The molecule has 0 spiro atoms. The first kappa shape index (κ1) is 26.8. The number of aliphatic hydroxyl groups is 1. The second kappa shape index (κ2) is 16.7. The molecule has 0 heterocycles. The van der Waals surface area contributed by atoms with Crippen molar-refractivity contribution in [1.29, 1.82) is 0 Å². The van der Waals surface area contributed by atoms with Gasteiger partial charge >= 0.3 is 0 Å². The van der Waals surface area contributed by atoms with Crippen molar-refractivity contribution in [3.8, 4) is 11.5 Å². The standard InChI is InChI=1S/C31H41NO3/c33-23-22-32-21-13-5-3-1-2-4-8-14-27-19-20-30(34-25-28-15-9-6-10-16-28)31(24-27)35-26-29-17-11-7-12-18-29/h6-7,9-12,15-20,24,32-33H,1-5,8,13-14,21-23,25-26H2. The minimum Gasteiger partial charge on any atom is -0.485 e. The molecule has 4 nitrogen and oxygen atoms in total. The Labute approximate surface area is 211 Å². The van der Waals surface area contributed by atoms with Crippen molar-refractivity contribution in [3.05, 3.63) is 95.6 Å². The third kappa shape index (κ3) is 11.0. The van der Waals surface area contributed by atoms with Gasteiger partial charge < -0.3 is 19.9 Å². The second-order valence-corrected chi connectivity index (χ2v) is 9.03. The molecule has 0 saturated carbocycles. The Morgan fingerprint density at radius 3 is 1.74 bits per heavy atom. The summed E-state index contributed by atoms with van der Waals surface area (Å²) < 4.78 is 12.4. The van der Waals surface area contributed by atoms with E-state index in [1.54, 1.807) is 0 Å². The highest BCUT2D eigenvalue weighted by atomic mass is 16.5. The molecule has 0 amide bonds. The lowest BCUT2D eigenvalue weighted by Crippen LogP contribution is -2.19. The van der Waals surface area contributed by atoms with Crippen molar-refractivity contribution in [2.75, 3.05) is 19.7 Å². The molecule has 3 aromatic rings. The van der Waals surface area contributed by atoms with Crippen molar-refractivity contribution in [2.24, 2.45) is 0 Å². The maximum Gasteiger partial charge on any atom is 0.161 e. The molecule has 0 aliphatic rings. The molecule has 3 rings (SSSR count). The van der Waals surface area contributed by atoms with Crippen molar-refractivity contribution >= 4 is 0 Å². The van der Waals surface area contributed by atoms with Crippen LogP contribution in [0.1, 0.15) is 61.6 Å². The number of hydrogen-bond acceptors (Lipinski definition) is 4. The zero-order valence-corrected chi connectivity index (χ0v) is 21.0. The van der Waals surface area contributed by atoms with Crippen LogP contribution in [0.5, 0.6) is 11.5 Å². The number of aryl methyl sites for hydroxylation is 1. The molecule has 35 heavy (non-hydrogen) atoms. The summed E-state index contributed by atoms with van der Waals surface area (Å²) in [6.45, 7) is 3.00. The van der Waals surface area contributed by atoms with Crippen LogP contribution in [0.3, 0.4) is 0 Å². The first-order valence-corrected chi connectivity index (χ1v) is 13.1. The fraction of sp³-hybridized carbons (Fsp3) is 0.419. The van der Waals surface area contributed by atoms with Gasteiger partial charge in [-0.2, -0.15) is 0 Å². The average Bonchev–Trinajstić information content (AvgIpc) is 2.91. The highest BCUT2D eigenvalue weighted by molar-refractivity contribution is 5.43. The van der Waals surface area contributed by atoms with E-state index in [2.05, 4.69) is 47.8 Å². The van der Waals surface area contributed by atoms with E-state index in [0.717, 1.165) is 35.6 Å². The van der Waals surface area contributed by atoms with Crippen molar-refractivity contribution in [1.82, 2.24) is 5.32 Å². The molecule has 0 aromatic heterocycles. The van der Waals surface area contributed by atoms with E-state index in [-0.39, 0.29) is 6.61 Å². The quantitative estimate of drug-likeness (QED) is 0.201. The Morgan fingerprint density at radius 1 is 0.543 bits per heavy atom. The molecule has 0 fully saturated rings. The molecule has 0 bridgehead atoms. The number of unbranched alkanes of at least 4 members (excludes halogenated alkanes) is 6. The topological polar surface area (TPSA) is 50.7 Å². The smallest absolute Gasteiger partial charge is 0.161 e. The molecule has 2 N–H and O–H groups in total. The Hall–Kier alpha value is -2.82. The van der Waals surface area contributed by atoms with Gasteiger partial charge in [0.2, 0.25) is 0 Å². The number of rotatable bonds is 18. The van der Waals surface area contributed by atoms with Crippen LogP contribution in [-0.2, 0) is 19.6 Å². The maximum absolute atomic E-state index is 8.77. The van der Waals surface area contributed by atoms with Crippen molar-refractivity contribution < 1.29 is 14.6 Å². The van der Waals surface area contributed by atoms with Crippen LogP contribution < -0.4 is 14.8 Å². The summed E-state index contributed by atoms with van der Waals surface area (Å²) in [5, 5.41) is 12.0. The molecule has 0 aliphatic carbocycles. The Bertz CT molecular complexity index is 930. The second-order valence-electron chi connectivity index (χ2n) is 9.03. The molecule has 0 radical (unpaired) electrons. The molecular formula is C31H41NO3. The number of hydrogen-bond donors (Lipinski definition) is 2. The highest BCUT2D eigenvalue weighted by Gasteiger charge is 2.08. The summed E-state index contributed by atoms with van der Waals surface area (Å²) in [6.07, 6.45) is 9.87. The third-order valence-corrected chi connectivity index (χ3v) is 6.09. The summed E-state index contributed by atoms with van der Waals surface area (Å²) in [6, 6.07) is 26.9. The minimum absolute atomic E-state index is 0.226. The van der Waals surface area contributed by atoms with E-state index in [1.165, 1.54) is 50.5 Å². The molecule has 188 valence electrons. The van der Waals surface area contributed by atoms with E-state index >= 15 is 0 Å². The molecule has 3 aromatic carbocycles. The Kier molecular flexibility index (Phi) is 12.8. The van der Waals surface area contributed by atoms with Gasteiger partial charge in [-0.3, -0.25) is 0 Å². The van der Waals surface area contributed by atoms with Gasteiger partial charge in [-0.05, 0) is 54.6 Å². The van der Waals surface area contributed by atoms with Gasteiger partial charge in [0, 0.05) is 6.54 Å². The Balaban J connectivity index is 1.44. The van der Waals surface area contributed by atoms with Gasteiger partial charge in [-0.15, -0.1) is 0 Å². The highest BCUT2D eigenvalue weighted by Crippen LogP contribution is 2.31. The van der Waals surface area contributed by atoms with Gasteiger partial charge in [0.1, 0.15) is 13.2 Å². The van der Waals surface area contributed by atoms with Crippen LogP contribution in [0.4, 0.5) is 0 Å². The molecule has 0 saturated heterocycles. The maximum atomic E-state index is 8.77. The molecule has 4 heteroatoms. The van der Waals surface area contributed by atoms with E-state index in [4.69, 9.17) is 14.6 Å². The molecular weight excluding hydrogens is 434 g/mol. The lowest BCUT2D eigenvalue weighted by atomic mass is 10.0. The number of ether oxygens (including phenoxy) is 2. The summed E-state index contributed by atoms with van der Waals surface area (Å²) in [4.78, 5) is 0. The lowest BCUT2D eigenvalue weighted by Gasteiger charge is -2.15.